The zero-order valence-corrected chi connectivity index (χ0v) is 25.4. The number of pyridine rings is 1. The molecule has 3 aromatic carbocycles. The summed E-state index contributed by atoms with van der Waals surface area (Å²) in [5, 5.41) is 9.20. The largest absolute Gasteiger partial charge is 0.497 e. The molecule has 0 amide bonds. The van der Waals surface area contributed by atoms with E-state index in [1.807, 2.05) is 85.8 Å². The molecule has 6 aromatic rings. The molecule has 1 N–H and O–H groups in total. The van der Waals surface area contributed by atoms with Crippen LogP contribution in [-0.2, 0) is 13.0 Å². The van der Waals surface area contributed by atoms with Crippen LogP contribution in [0.5, 0.6) is 17.2 Å². The van der Waals surface area contributed by atoms with E-state index in [-0.39, 0.29) is 0 Å². The van der Waals surface area contributed by atoms with Gasteiger partial charge in [-0.2, -0.15) is 9.67 Å². The average molecular weight is 598 g/mol. The standard InChI is InChI=1S/C35H31N7O3/c1-23-37-28(15-14-27-13-12-26-7-5-6-8-30(26)39-27)21-34(38-23)42-33(20-25-11-18-31(44-3)32(19-25)45-4)40-35(41-42)36-22-24-9-16-29(43-2)17-10-24/h5-13,16-19,21H,20,22H2,1-4H3,(H,36,41). The smallest absolute Gasteiger partial charge is 0.243 e. The zero-order valence-electron chi connectivity index (χ0n) is 25.4. The summed E-state index contributed by atoms with van der Waals surface area (Å²) in [4.78, 5) is 18.8. The summed E-state index contributed by atoms with van der Waals surface area (Å²) in [5.41, 5.74) is 4.13. The predicted octanol–water partition coefficient (Wildman–Crippen LogP) is 5.54. The van der Waals surface area contributed by atoms with Gasteiger partial charge >= 0.3 is 0 Å². The number of aryl methyl sites for hydroxylation is 1. The van der Waals surface area contributed by atoms with Gasteiger partial charge < -0.3 is 19.5 Å². The van der Waals surface area contributed by atoms with Gasteiger partial charge in [-0.3, -0.25) is 0 Å². The highest BCUT2D eigenvalue weighted by molar-refractivity contribution is 5.78. The number of benzene rings is 3. The lowest BCUT2D eigenvalue weighted by Crippen LogP contribution is -2.09. The van der Waals surface area contributed by atoms with Crippen LogP contribution in [0, 0.1) is 18.8 Å². The Kier molecular flexibility index (Phi) is 8.51. The van der Waals surface area contributed by atoms with Gasteiger partial charge in [0.1, 0.15) is 28.8 Å². The Morgan fingerprint density at radius 1 is 0.711 bits per heavy atom. The van der Waals surface area contributed by atoms with Crippen molar-refractivity contribution in [3.8, 4) is 34.9 Å². The fourth-order valence-electron chi connectivity index (χ4n) is 4.80. The number of hydrogen-bond acceptors (Lipinski definition) is 9. The molecule has 0 saturated carbocycles. The highest BCUT2D eigenvalue weighted by Crippen LogP contribution is 2.29. The molecule has 3 aromatic heterocycles. The van der Waals surface area contributed by atoms with Crippen LogP contribution in [0.2, 0.25) is 0 Å². The minimum absolute atomic E-state index is 0.461. The second kappa shape index (κ2) is 13.1. The molecule has 0 bridgehead atoms. The van der Waals surface area contributed by atoms with Gasteiger partial charge in [0.2, 0.25) is 5.95 Å². The summed E-state index contributed by atoms with van der Waals surface area (Å²) < 4.78 is 17.9. The molecule has 224 valence electrons. The number of rotatable bonds is 9. The highest BCUT2D eigenvalue weighted by Gasteiger charge is 2.16. The maximum atomic E-state index is 5.53. The number of methoxy groups -OCH3 is 3. The number of para-hydroxylation sites is 1. The normalized spacial score (nSPS) is 10.7. The lowest BCUT2D eigenvalue weighted by molar-refractivity contribution is 0.354. The van der Waals surface area contributed by atoms with Crippen molar-refractivity contribution in [3.05, 3.63) is 119 Å². The van der Waals surface area contributed by atoms with Gasteiger partial charge in [0.25, 0.3) is 0 Å². The average Bonchev–Trinajstić information content (AvgIpc) is 3.48. The van der Waals surface area contributed by atoms with Crippen molar-refractivity contribution in [1.29, 1.82) is 0 Å². The number of hydrogen-bond donors (Lipinski definition) is 1. The Bertz CT molecular complexity index is 2030. The van der Waals surface area contributed by atoms with E-state index in [9.17, 15) is 0 Å². The SMILES string of the molecule is COc1ccc(CNc2nc(Cc3ccc(OC)c(OC)c3)n(-c3cc(C#Cc4ccc5ccccc5n4)nc(C)n3)n2)cc1. The molecule has 0 aliphatic heterocycles. The van der Waals surface area contributed by atoms with Gasteiger partial charge in [-0.05, 0) is 66.3 Å². The number of ether oxygens (including phenoxy) is 3. The fraction of sp³-hybridized carbons (Fsp3) is 0.171. The van der Waals surface area contributed by atoms with Crippen LogP contribution in [0.15, 0.2) is 84.9 Å². The molecule has 6 rings (SSSR count). The van der Waals surface area contributed by atoms with Gasteiger partial charge in [0, 0.05) is 24.4 Å². The molecular weight excluding hydrogens is 566 g/mol. The fourth-order valence-corrected chi connectivity index (χ4v) is 4.80. The van der Waals surface area contributed by atoms with E-state index in [0.717, 1.165) is 27.8 Å². The Hall–Kier alpha value is -5.95. The molecule has 45 heavy (non-hydrogen) atoms. The maximum Gasteiger partial charge on any atom is 0.243 e. The third-order valence-corrected chi connectivity index (χ3v) is 7.05. The maximum absolute atomic E-state index is 5.53. The van der Waals surface area contributed by atoms with Crippen molar-refractivity contribution in [3.63, 3.8) is 0 Å². The molecule has 0 saturated heterocycles. The summed E-state index contributed by atoms with van der Waals surface area (Å²) in [6.07, 6.45) is 0.461. The van der Waals surface area contributed by atoms with E-state index in [4.69, 9.17) is 29.3 Å². The molecule has 0 unspecified atom stereocenters. The van der Waals surface area contributed by atoms with Crippen LogP contribution < -0.4 is 19.5 Å². The van der Waals surface area contributed by atoms with E-state index in [2.05, 4.69) is 27.1 Å². The lowest BCUT2D eigenvalue weighted by Gasteiger charge is -2.10. The minimum Gasteiger partial charge on any atom is -0.497 e. The molecule has 0 spiro atoms. The third kappa shape index (κ3) is 6.84. The highest BCUT2D eigenvalue weighted by atomic mass is 16.5. The zero-order chi connectivity index (χ0) is 31.2. The number of nitrogens with one attached hydrogen (secondary N) is 1. The Morgan fingerprint density at radius 2 is 1.49 bits per heavy atom. The Labute approximate surface area is 261 Å². The first-order chi connectivity index (χ1) is 22.0. The molecule has 3 heterocycles. The van der Waals surface area contributed by atoms with E-state index in [1.54, 1.807) is 32.1 Å². The minimum atomic E-state index is 0.461. The van der Waals surface area contributed by atoms with Gasteiger partial charge in [-0.1, -0.05) is 42.5 Å². The molecule has 10 heteroatoms. The summed E-state index contributed by atoms with van der Waals surface area (Å²) in [6.45, 7) is 2.36. The van der Waals surface area contributed by atoms with Gasteiger partial charge in [0.05, 0.1) is 26.8 Å². The summed E-state index contributed by atoms with van der Waals surface area (Å²) in [6, 6.07) is 27.3. The van der Waals surface area contributed by atoms with Crippen LogP contribution in [-0.4, -0.2) is 51.0 Å². The molecular formula is C35H31N7O3. The summed E-state index contributed by atoms with van der Waals surface area (Å²) in [5.74, 6) is 10.6. The second-order valence-electron chi connectivity index (χ2n) is 10.1. The first kappa shape index (κ1) is 29.1. The Morgan fingerprint density at radius 3 is 2.29 bits per heavy atom. The van der Waals surface area contributed by atoms with Crippen LogP contribution in [0.3, 0.4) is 0 Å². The summed E-state index contributed by atoms with van der Waals surface area (Å²) in [7, 11) is 4.88. The van der Waals surface area contributed by atoms with Crippen molar-refractivity contribution in [2.75, 3.05) is 26.6 Å². The Balaban J connectivity index is 1.33. The first-order valence-corrected chi connectivity index (χ1v) is 14.3. The van der Waals surface area contributed by atoms with Crippen molar-refractivity contribution in [1.82, 2.24) is 29.7 Å². The number of fused-ring (bicyclic) bond motifs is 1. The van der Waals surface area contributed by atoms with Crippen molar-refractivity contribution < 1.29 is 14.2 Å². The van der Waals surface area contributed by atoms with E-state index >= 15 is 0 Å². The van der Waals surface area contributed by atoms with Crippen LogP contribution in [0.25, 0.3) is 16.7 Å². The van der Waals surface area contributed by atoms with Crippen molar-refractivity contribution in [2.24, 2.45) is 0 Å². The molecule has 0 atom stereocenters. The van der Waals surface area contributed by atoms with Crippen LogP contribution in [0.1, 0.15) is 34.2 Å². The summed E-state index contributed by atoms with van der Waals surface area (Å²) >= 11 is 0. The molecule has 0 fully saturated rings. The monoisotopic (exact) mass is 597 g/mol. The van der Waals surface area contributed by atoms with Gasteiger partial charge in [-0.25, -0.2) is 15.0 Å². The van der Waals surface area contributed by atoms with E-state index in [0.29, 0.717) is 59.3 Å². The molecule has 0 aliphatic carbocycles. The second-order valence-corrected chi connectivity index (χ2v) is 10.1. The lowest BCUT2D eigenvalue weighted by atomic mass is 10.1. The quantitative estimate of drug-likeness (QED) is 0.215. The van der Waals surface area contributed by atoms with E-state index < -0.39 is 0 Å². The molecule has 0 aliphatic rings. The van der Waals surface area contributed by atoms with Gasteiger partial charge in [-0.15, -0.1) is 5.10 Å². The first-order valence-electron chi connectivity index (χ1n) is 14.3. The van der Waals surface area contributed by atoms with Gasteiger partial charge in [0.15, 0.2) is 17.3 Å². The van der Waals surface area contributed by atoms with Crippen molar-refractivity contribution in [2.45, 2.75) is 19.9 Å². The molecule has 0 radical (unpaired) electrons. The predicted molar refractivity (Wildman–Crippen MR) is 172 cm³/mol. The third-order valence-electron chi connectivity index (χ3n) is 7.05. The van der Waals surface area contributed by atoms with Crippen LogP contribution >= 0.6 is 0 Å². The number of anilines is 1. The number of aromatic nitrogens is 6. The van der Waals surface area contributed by atoms with E-state index in [1.165, 1.54) is 0 Å². The topological polar surface area (TPSA) is 109 Å². The number of nitrogens with zero attached hydrogens (tertiary/aromatic N) is 6. The molecule has 10 nitrogen and oxygen atoms in total. The van der Waals surface area contributed by atoms with Crippen LogP contribution in [0.4, 0.5) is 5.95 Å². The van der Waals surface area contributed by atoms with Crippen molar-refractivity contribution >= 4 is 16.9 Å².